The average Bonchev–Trinajstić information content (AvgIpc) is 3.05. The number of pyridine rings is 1. The third kappa shape index (κ3) is 3.95. The molecule has 3 rings (SSSR count). The number of nitrogens with zero attached hydrogens (tertiary/aromatic N) is 3. The highest BCUT2D eigenvalue weighted by Gasteiger charge is 2.20. The molecule has 0 aliphatic rings. The summed E-state index contributed by atoms with van der Waals surface area (Å²) in [5.74, 6) is 0.682. The molecule has 0 amide bonds. The molecule has 0 saturated carbocycles. The maximum absolute atomic E-state index is 13.7. The quantitative estimate of drug-likeness (QED) is 0.586. The first-order chi connectivity index (χ1) is 12.2. The molecular formula is C21H24FN3. The van der Waals surface area contributed by atoms with Gasteiger partial charge in [-0.1, -0.05) is 38.5 Å². The van der Waals surface area contributed by atoms with Gasteiger partial charge in [0.2, 0.25) is 0 Å². The van der Waals surface area contributed by atoms with E-state index >= 15 is 0 Å². The minimum absolute atomic E-state index is 0.0839. The Bertz CT molecular complexity index is 811. The van der Waals surface area contributed by atoms with Crippen molar-refractivity contribution in [2.24, 2.45) is 0 Å². The second-order valence-electron chi connectivity index (χ2n) is 6.28. The minimum Gasteiger partial charge on any atom is -0.237 e. The van der Waals surface area contributed by atoms with Gasteiger partial charge in [0.15, 0.2) is 5.82 Å². The fourth-order valence-corrected chi connectivity index (χ4v) is 3.18. The summed E-state index contributed by atoms with van der Waals surface area (Å²) in [6, 6.07) is 14.8. The van der Waals surface area contributed by atoms with Gasteiger partial charge in [0.05, 0.1) is 11.4 Å². The van der Waals surface area contributed by atoms with Gasteiger partial charge in [-0.3, -0.25) is 0 Å². The van der Waals surface area contributed by atoms with E-state index in [2.05, 4.69) is 24.9 Å². The lowest BCUT2D eigenvalue weighted by Gasteiger charge is -2.17. The van der Waals surface area contributed by atoms with E-state index in [1.54, 1.807) is 18.3 Å². The van der Waals surface area contributed by atoms with Gasteiger partial charge < -0.3 is 0 Å². The van der Waals surface area contributed by atoms with Gasteiger partial charge in [-0.25, -0.2) is 14.1 Å². The molecule has 2 heterocycles. The van der Waals surface area contributed by atoms with Gasteiger partial charge in [-0.2, -0.15) is 5.10 Å². The number of hydrogen-bond acceptors (Lipinski definition) is 2. The molecule has 1 aromatic carbocycles. The lowest BCUT2D eigenvalue weighted by molar-refractivity contribution is 0.618. The number of rotatable bonds is 7. The fourth-order valence-electron chi connectivity index (χ4n) is 3.18. The van der Waals surface area contributed by atoms with Crippen LogP contribution in [0, 0.1) is 5.82 Å². The summed E-state index contributed by atoms with van der Waals surface area (Å²) in [5, 5.41) is 4.80. The lowest BCUT2D eigenvalue weighted by Crippen LogP contribution is -2.10. The largest absolute Gasteiger partial charge is 0.237 e. The van der Waals surface area contributed by atoms with Crippen molar-refractivity contribution in [3.63, 3.8) is 0 Å². The third-order valence-electron chi connectivity index (χ3n) is 4.46. The van der Waals surface area contributed by atoms with Crippen molar-refractivity contribution in [2.75, 3.05) is 0 Å². The molecule has 0 aliphatic heterocycles. The summed E-state index contributed by atoms with van der Waals surface area (Å²) in [6.07, 6.45) is 5.83. The molecule has 1 atom stereocenters. The van der Waals surface area contributed by atoms with E-state index in [4.69, 9.17) is 5.10 Å². The van der Waals surface area contributed by atoms with E-state index in [1.807, 2.05) is 28.9 Å². The second kappa shape index (κ2) is 8.06. The van der Waals surface area contributed by atoms with Crippen LogP contribution in [0.2, 0.25) is 0 Å². The monoisotopic (exact) mass is 337 g/mol. The maximum Gasteiger partial charge on any atom is 0.153 e. The summed E-state index contributed by atoms with van der Waals surface area (Å²) < 4.78 is 15.7. The Balaban J connectivity index is 2.07. The first-order valence-electron chi connectivity index (χ1n) is 8.98. The van der Waals surface area contributed by atoms with E-state index in [0.717, 1.165) is 48.5 Å². The molecule has 0 bridgehead atoms. The molecular weight excluding hydrogens is 313 g/mol. The smallest absolute Gasteiger partial charge is 0.153 e. The van der Waals surface area contributed by atoms with Crippen LogP contribution in [0.1, 0.15) is 56.0 Å². The van der Waals surface area contributed by atoms with Crippen molar-refractivity contribution >= 4 is 0 Å². The second-order valence-corrected chi connectivity index (χ2v) is 6.28. The zero-order valence-electron chi connectivity index (χ0n) is 14.8. The number of aryl methyl sites for hydroxylation is 1. The van der Waals surface area contributed by atoms with Crippen LogP contribution in [-0.2, 0) is 6.42 Å². The van der Waals surface area contributed by atoms with Crippen molar-refractivity contribution in [1.29, 1.82) is 0 Å². The van der Waals surface area contributed by atoms with Gasteiger partial charge in [-0.15, -0.1) is 0 Å². The molecule has 0 aliphatic carbocycles. The molecule has 4 heteroatoms. The van der Waals surface area contributed by atoms with Gasteiger partial charge in [0.1, 0.15) is 5.82 Å². The summed E-state index contributed by atoms with van der Waals surface area (Å²) in [5.41, 5.74) is 3.11. The normalized spacial score (nSPS) is 12.3. The minimum atomic E-state index is -0.203. The Labute approximate surface area is 148 Å². The molecule has 25 heavy (non-hydrogen) atoms. The van der Waals surface area contributed by atoms with Crippen LogP contribution >= 0.6 is 0 Å². The van der Waals surface area contributed by atoms with Crippen LogP contribution in [0.5, 0.6) is 0 Å². The van der Waals surface area contributed by atoms with Crippen molar-refractivity contribution in [2.45, 2.75) is 45.4 Å². The van der Waals surface area contributed by atoms with Gasteiger partial charge >= 0.3 is 0 Å². The number of unbranched alkanes of at least 4 members (excludes halogenated alkanes) is 1. The van der Waals surface area contributed by atoms with Crippen molar-refractivity contribution in [3.8, 4) is 5.82 Å². The Morgan fingerprint density at radius 1 is 1.08 bits per heavy atom. The van der Waals surface area contributed by atoms with Crippen LogP contribution < -0.4 is 0 Å². The Kier molecular flexibility index (Phi) is 5.59. The maximum atomic E-state index is 13.7. The highest BCUT2D eigenvalue weighted by Crippen LogP contribution is 2.30. The Morgan fingerprint density at radius 2 is 1.96 bits per heavy atom. The highest BCUT2D eigenvalue weighted by molar-refractivity contribution is 5.35. The molecule has 0 N–H and O–H groups in total. The molecule has 3 aromatic rings. The van der Waals surface area contributed by atoms with Crippen molar-refractivity contribution < 1.29 is 4.39 Å². The summed E-state index contributed by atoms with van der Waals surface area (Å²) in [4.78, 5) is 4.46. The van der Waals surface area contributed by atoms with E-state index in [1.165, 1.54) is 6.07 Å². The van der Waals surface area contributed by atoms with Crippen LogP contribution in [0.3, 0.4) is 0 Å². The number of benzene rings is 1. The van der Waals surface area contributed by atoms with E-state index < -0.39 is 0 Å². The molecule has 0 saturated heterocycles. The molecule has 0 fully saturated rings. The third-order valence-corrected chi connectivity index (χ3v) is 4.46. The van der Waals surface area contributed by atoms with E-state index in [9.17, 15) is 4.39 Å². The van der Waals surface area contributed by atoms with Crippen molar-refractivity contribution in [1.82, 2.24) is 14.8 Å². The predicted molar refractivity (Wildman–Crippen MR) is 98.5 cm³/mol. The SMILES string of the molecule is CCCCc1cc(C(CC)c2cccc(F)c2)n(-c2ccccn2)n1. The Hall–Kier alpha value is -2.49. The van der Waals surface area contributed by atoms with Crippen molar-refractivity contribution in [3.05, 3.63) is 77.5 Å². The van der Waals surface area contributed by atoms with Crippen LogP contribution in [0.15, 0.2) is 54.7 Å². The number of aromatic nitrogens is 3. The zero-order chi connectivity index (χ0) is 17.6. The molecule has 2 aromatic heterocycles. The summed E-state index contributed by atoms with van der Waals surface area (Å²) in [6.45, 7) is 4.30. The highest BCUT2D eigenvalue weighted by atomic mass is 19.1. The van der Waals surface area contributed by atoms with Crippen LogP contribution in [0.25, 0.3) is 5.82 Å². The fraction of sp³-hybridized carbons (Fsp3) is 0.333. The Morgan fingerprint density at radius 3 is 2.64 bits per heavy atom. The molecule has 1 unspecified atom stereocenters. The van der Waals surface area contributed by atoms with Gasteiger partial charge in [0, 0.05) is 12.1 Å². The summed E-state index contributed by atoms with van der Waals surface area (Å²) in [7, 11) is 0. The zero-order valence-corrected chi connectivity index (χ0v) is 14.8. The standard InChI is InChI=1S/C21H24FN3/c1-3-5-11-18-15-20(25(24-18)21-12-6-7-13-23-21)19(4-2)16-9-8-10-17(22)14-16/h6-10,12-15,19H,3-5,11H2,1-2H3. The molecule has 130 valence electrons. The van der Waals surface area contributed by atoms with E-state index in [-0.39, 0.29) is 11.7 Å². The van der Waals surface area contributed by atoms with Crippen LogP contribution in [0.4, 0.5) is 4.39 Å². The van der Waals surface area contributed by atoms with Crippen LogP contribution in [-0.4, -0.2) is 14.8 Å². The lowest BCUT2D eigenvalue weighted by atomic mass is 9.92. The topological polar surface area (TPSA) is 30.7 Å². The summed E-state index contributed by atoms with van der Waals surface area (Å²) >= 11 is 0. The first-order valence-corrected chi connectivity index (χ1v) is 8.98. The van der Waals surface area contributed by atoms with E-state index in [0.29, 0.717) is 0 Å². The van der Waals surface area contributed by atoms with Gasteiger partial charge in [-0.05, 0) is 55.2 Å². The van der Waals surface area contributed by atoms with Gasteiger partial charge in [0.25, 0.3) is 0 Å². The average molecular weight is 337 g/mol. The molecule has 3 nitrogen and oxygen atoms in total. The first kappa shape index (κ1) is 17.3. The molecule has 0 spiro atoms. The predicted octanol–water partition coefficient (Wildman–Crippen LogP) is 5.29. The number of hydrogen-bond donors (Lipinski definition) is 0. The number of halogens is 1. The molecule has 0 radical (unpaired) electrons.